The van der Waals surface area contributed by atoms with Crippen molar-refractivity contribution in [1.29, 1.82) is 0 Å². The normalized spacial score (nSPS) is 26.4. The monoisotopic (exact) mass is 336 g/mol. The molecule has 5 rings (SSSR count). The molecule has 0 radical (unpaired) electrons. The van der Waals surface area contributed by atoms with E-state index in [1.54, 1.807) is 7.11 Å². The lowest BCUT2D eigenvalue weighted by atomic mass is 9.83. The number of nitrogens with zero attached hydrogens (tertiary/aromatic N) is 1. The molecule has 2 atom stereocenters. The maximum atomic E-state index is 5.33. The number of methoxy groups -OCH3 is 1. The van der Waals surface area contributed by atoms with E-state index in [1.165, 1.54) is 43.6 Å². The molecule has 0 amide bonds. The van der Waals surface area contributed by atoms with Gasteiger partial charge in [-0.05, 0) is 61.5 Å². The molecule has 0 aliphatic carbocycles. The molecule has 1 N–H and O–H groups in total. The number of hydrogen-bond acceptors (Lipinski definition) is 3. The van der Waals surface area contributed by atoms with Crippen molar-refractivity contribution in [3.63, 3.8) is 0 Å². The molecule has 0 spiro atoms. The molecule has 132 valence electrons. The first-order valence-electron chi connectivity index (χ1n) is 9.48. The lowest BCUT2D eigenvalue weighted by Crippen LogP contribution is -2.56. The van der Waals surface area contributed by atoms with Gasteiger partial charge >= 0.3 is 0 Å². The summed E-state index contributed by atoms with van der Waals surface area (Å²) in [5.74, 6) is 1.76. The quantitative estimate of drug-likeness (QED) is 0.871. The van der Waals surface area contributed by atoms with Gasteiger partial charge in [-0.2, -0.15) is 0 Å². The van der Waals surface area contributed by atoms with E-state index in [0.29, 0.717) is 12.1 Å². The van der Waals surface area contributed by atoms with E-state index in [2.05, 4.69) is 64.8 Å². The molecule has 3 fully saturated rings. The van der Waals surface area contributed by atoms with Gasteiger partial charge in [-0.3, -0.25) is 0 Å². The second-order valence-electron chi connectivity index (χ2n) is 7.43. The molecule has 3 aliphatic heterocycles. The second kappa shape index (κ2) is 7.59. The highest BCUT2D eigenvalue weighted by Gasteiger charge is 2.35. The summed E-state index contributed by atoms with van der Waals surface area (Å²) in [6, 6.07) is 20.3. The Morgan fingerprint density at radius 1 is 1.04 bits per heavy atom. The minimum atomic E-state index is 0.346. The van der Waals surface area contributed by atoms with Gasteiger partial charge in [0.1, 0.15) is 5.75 Å². The summed E-state index contributed by atoms with van der Waals surface area (Å²) in [7, 11) is 1.72. The van der Waals surface area contributed by atoms with Crippen LogP contribution in [0.2, 0.25) is 0 Å². The molecule has 3 heterocycles. The van der Waals surface area contributed by atoms with E-state index >= 15 is 0 Å². The van der Waals surface area contributed by atoms with Crippen molar-refractivity contribution in [1.82, 2.24) is 10.2 Å². The molecule has 3 heteroatoms. The van der Waals surface area contributed by atoms with Crippen LogP contribution in [0, 0.1) is 5.92 Å². The molecule has 2 bridgehead atoms. The number of ether oxygens (including phenoxy) is 1. The zero-order valence-electron chi connectivity index (χ0n) is 15.0. The van der Waals surface area contributed by atoms with Gasteiger partial charge in [-0.25, -0.2) is 0 Å². The molecule has 3 nitrogen and oxygen atoms in total. The van der Waals surface area contributed by atoms with Crippen molar-refractivity contribution in [2.24, 2.45) is 5.92 Å². The average Bonchev–Trinajstić information content (AvgIpc) is 2.69. The summed E-state index contributed by atoms with van der Waals surface area (Å²) in [4.78, 5) is 2.62. The topological polar surface area (TPSA) is 24.5 Å². The predicted molar refractivity (Wildman–Crippen MR) is 102 cm³/mol. The second-order valence-corrected chi connectivity index (χ2v) is 7.43. The SMILES string of the molecule is COc1ccc([C@@H](Cc2ccccc2)N[C@@H]2CN3CCC2CC3)cc1. The van der Waals surface area contributed by atoms with Crippen molar-refractivity contribution in [2.75, 3.05) is 26.7 Å². The largest absolute Gasteiger partial charge is 0.497 e. The van der Waals surface area contributed by atoms with Crippen LogP contribution in [0.3, 0.4) is 0 Å². The molecule has 0 saturated carbocycles. The van der Waals surface area contributed by atoms with Crippen LogP contribution in [0.5, 0.6) is 5.75 Å². The summed E-state index contributed by atoms with van der Waals surface area (Å²) in [5.41, 5.74) is 2.73. The fraction of sp³-hybridized carbons (Fsp3) is 0.455. The molecule has 2 aromatic rings. The Kier molecular flexibility index (Phi) is 5.04. The highest BCUT2D eigenvalue weighted by molar-refractivity contribution is 5.30. The highest BCUT2D eigenvalue weighted by atomic mass is 16.5. The van der Waals surface area contributed by atoms with E-state index < -0.39 is 0 Å². The molecule has 25 heavy (non-hydrogen) atoms. The van der Waals surface area contributed by atoms with Crippen LogP contribution < -0.4 is 10.1 Å². The number of piperidine rings is 3. The Morgan fingerprint density at radius 2 is 1.76 bits per heavy atom. The number of benzene rings is 2. The van der Waals surface area contributed by atoms with Gasteiger partial charge in [-0.1, -0.05) is 42.5 Å². The number of fused-ring (bicyclic) bond motifs is 3. The summed E-state index contributed by atoms with van der Waals surface area (Å²) in [5, 5.41) is 4.01. The Labute approximate surface area is 151 Å². The van der Waals surface area contributed by atoms with Crippen LogP contribution in [-0.4, -0.2) is 37.7 Å². The molecule has 3 aliphatic rings. The van der Waals surface area contributed by atoms with Gasteiger partial charge in [0.25, 0.3) is 0 Å². The van der Waals surface area contributed by atoms with E-state index in [4.69, 9.17) is 4.74 Å². The first-order valence-corrected chi connectivity index (χ1v) is 9.48. The lowest BCUT2D eigenvalue weighted by molar-refractivity contribution is 0.0669. The van der Waals surface area contributed by atoms with E-state index in [0.717, 1.165) is 18.1 Å². The Morgan fingerprint density at radius 3 is 2.36 bits per heavy atom. The zero-order chi connectivity index (χ0) is 17.1. The van der Waals surface area contributed by atoms with Gasteiger partial charge in [0.2, 0.25) is 0 Å². The van der Waals surface area contributed by atoms with Crippen LogP contribution in [-0.2, 0) is 6.42 Å². The maximum absolute atomic E-state index is 5.33. The third-order valence-electron chi connectivity index (χ3n) is 5.87. The van der Waals surface area contributed by atoms with Crippen molar-refractivity contribution < 1.29 is 4.74 Å². The predicted octanol–water partition coefficient (Wildman–Crippen LogP) is 3.66. The number of hydrogen-bond donors (Lipinski definition) is 1. The fourth-order valence-corrected chi connectivity index (χ4v) is 4.37. The Balaban J connectivity index is 1.54. The highest BCUT2D eigenvalue weighted by Crippen LogP contribution is 2.30. The van der Waals surface area contributed by atoms with Crippen LogP contribution in [0.25, 0.3) is 0 Å². The summed E-state index contributed by atoms with van der Waals surface area (Å²) in [6.07, 6.45) is 3.72. The van der Waals surface area contributed by atoms with Crippen molar-refractivity contribution in [2.45, 2.75) is 31.3 Å². The molecular weight excluding hydrogens is 308 g/mol. The standard InChI is InChI=1S/C22H28N2O/c1-25-20-9-7-18(8-10-20)21(15-17-5-3-2-4-6-17)23-22-16-24-13-11-19(22)12-14-24/h2-10,19,21-23H,11-16H2,1H3/t21-,22-/m1/s1. The minimum Gasteiger partial charge on any atom is -0.497 e. The van der Waals surface area contributed by atoms with Crippen molar-refractivity contribution in [3.05, 3.63) is 65.7 Å². The molecule has 2 aromatic carbocycles. The van der Waals surface area contributed by atoms with Crippen LogP contribution in [0.4, 0.5) is 0 Å². The summed E-state index contributed by atoms with van der Waals surface area (Å²) >= 11 is 0. The lowest BCUT2D eigenvalue weighted by Gasteiger charge is -2.46. The smallest absolute Gasteiger partial charge is 0.118 e. The first kappa shape index (κ1) is 16.6. The average molecular weight is 336 g/mol. The zero-order valence-corrected chi connectivity index (χ0v) is 15.0. The van der Waals surface area contributed by atoms with E-state index in [9.17, 15) is 0 Å². The van der Waals surface area contributed by atoms with E-state index in [-0.39, 0.29) is 0 Å². The first-order chi connectivity index (χ1) is 12.3. The van der Waals surface area contributed by atoms with Gasteiger partial charge in [0.15, 0.2) is 0 Å². The third kappa shape index (κ3) is 3.88. The molecule has 3 saturated heterocycles. The van der Waals surface area contributed by atoms with E-state index in [1.807, 2.05) is 0 Å². The van der Waals surface area contributed by atoms with Gasteiger partial charge in [0, 0.05) is 18.6 Å². The van der Waals surface area contributed by atoms with Crippen molar-refractivity contribution >= 4 is 0 Å². The number of rotatable bonds is 6. The molecular formula is C22H28N2O. The minimum absolute atomic E-state index is 0.346. The third-order valence-corrected chi connectivity index (χ3v) is 5.87. The van der Waals surface area contributed by atoms with Gasteiger partial charge in [-0.15, -0.1) is 0 Å². The van der Waals surface area contributed by atoms with Gasteiger partial charge < -0.3 is 15.0 Å². The maximum Gasteiger partial charge on any atom is 0.118 e. The van der Waals surface area contributed by atoms with Crippen molar-refractivity contribution in [3.8, 4) is 5.75 Å². The number of nitrogens with one attached hydrogen (secondary N) is 1. The molecule has 0 aromatic heterocycles. The fourth-order valence-electron chi connectivity index (χ4n) is 4.37. The van der Waals surface area contributed by atoms with Crippen LogP contribution >= 0.6 is 0 Å². The Hall–Kier alpha value is -1.84. The van der Waals surface area contributed by atoms with Crippen LogP contribution in [0.15, 0.2) is 54.6 Å². The molecule has 0 unspecified atom stereocenters. The van der Waals surface area contributed by atoms with Gasteiger partial charge in [0.05, 0.1) is 7.11 Å². The van der Waals surface area contributed by atoms with Crippen LogP contribution in [0.1, 0.15) is 30.0 Å². The summed E-state index contributed by atoms with van der Waals surface area (Å²) < 4.78 is 5.33. The Bertz CT molecular complexity index is 662. The summed E-state index contributed by atoms with van der Waals surface area (Å²) in [6.45, 7) is 3.77.